The number of ether oxygens (including phenoxy) is 2. The Balaban J connectivity index is 2.64. The van der Waals surface area contributed by atoms with Gasteiger partial charge in [-0.15, -0.1) is 0 Å². The highest BCUT2D eigenvalue weighted by atomic mass is 35.5. The molecule has 0 amide bonds. The van der Waals surface area contributed by atoms with E-state index in [0.29, 0.717) is 24.5 Å². The lowest BCUT2D eigenvalue weighted by molar-refractivity contribution is -0.199. The topological polar surface area (TPSA) is 51.9 Å². The molecular formula is C16H22ClNO4. The van der Waals surface area contributed by atoms with Gasteiger partial charge in [0, 0.05) is 32.9 Å². The molecule has 5 nitrogen and oxygen atoms in total. The zero-order chi connectivity index (χ0) is 16.5. The summed E-state index contributed by atoms with van der Waals surface area (Å²) in [4.78, 5) is 14.8. The van der Waals surface area contributed by atoms with Crippen molar-refractivity contribution in [2.75, 3.05) is 27.3 Å². The van der Waals surface area contributed by atoms with Crippen molar-refractivity contribution in [3.8, 4) is 0 Å². The molecule has 1 aliphatic rings. The number of hydrogen-bond acceptors (Lipinski definition) is 5. The molecule has 1 aromatic rings. The van der Waals surface area contributed by atoms with E-state index in [0.717, 1.165) is 5.56 Å². The minimum Gasteiger partial charge on any atom is -0.469 e. The molecular weight excluding hydrogens is 306 g/mol. The first-order valence-corrected chi connectivity index (χ1v) is 7.69. The standard InChI is InChI=1S/C16H22ClNO4/c1-6-18(7-2)15-13(17)14(19)12(16(15,20-4)21-5)11-8-9-22-10(11)3/h8-9,12H,6-7H2,1-5H3. The number of Topliss-reactive ketones (excluding diaryl/α,β-unsaturated/α-hetero) is 1. The summed E-state index contributed by atoms with van der Waals surface area (Å²) in [6.07, 6.45) is 1.55. The van der Waals surface area contributed by atoms with Gasteiger partial charge >= 0.3 is 0 Å². The van der Waals surface area contributed by atoms with E-state index in [4.69, 9.17) is 25.5 Å². The predicted molar refractivity (Wildman–Crippen MR) is 83.7 cm³/mol. The first-order chi connectivity index (χ1) is 10.5. The summed E-state index contributed by atoms with van der Waals surface area (Å²) in [6, 6.07) is 1.76. The monoisotopic (exact) mass is 327 g/mol. The van der Waals surface area contributed by atoms with Gasteiger partial charge in [0.05, 0.1) is 12.0 Å². The molecule has 6 heteroatoms. The number of carbonyl (C=O) groups is 1. The highest BCUT2D eigenvalue weighted by Crippen LogP contribution is 2.50. The van der Waals surface area contributed by atoms with Crippen LogP contribution in [-0.4, -0.2) is 43.8 Å². The maximum absolute atomic E-state index is 12.8. The fraction of sp³-hybridized carbons (Fsp3) is 0.562. The Morgan fingerprint density at radius 2 is 1.91 bits per heavy atom. The lowest BCUT2D eigenvalue weighted by atomic mass is 9.90. The summed E-state index contributed by atoms with van der Waals surface area (Å²) in [6.45, 7) is 7.19. The van der Waals surface area contributed by atoms with Crippen LogP contribution in [0.15, 0.2) is 27.5 Å². The van der Waals surface area contributed by atoms with Crippen LogP contribution in [0.25, 0.3) is 0 Å². The van der Waals surface area contributed by atoms with Gasteiger partial charge in [-0.3, -0.25) is 4.79 Å². The van der Waals surface area contributed by atoms with Crippen LogP contribution in [0.3, 0.4) is 0 Å². The summed E-state index contributed by atoms with van der Waals surface area (Å²) < 4.78 is 16.8. The average molecular weight is 328 g/mol. The molecule has 1 unspecified atom stereocenters. The molecule has 0 fully saturated rings. The molecule has 22 heavy (non-hydrogen) atoms. The molecule has 0 aliphatic heterocycles. The fourth-order valence-electron chi connectivity index (χ4n) is 3.16. The van der Waals surface area contributed by atoms with E-state index < -0.39 is 11.7 Å². The smallest absolute Gasteiger partial charge is 0.225 e. The van der Waals surface area contributed by atoms with Crippen LogP contribution in [0.5, 0.6) is 0 Å². The third-order valence-electron chi connectivity index (χ3n) is 4.29. The highest BCUT2D eigenvalue weighted by molar-refractivity contribution is 6.45. The van der Waals surface area contributed by atoms with E-state index in [1.165, 1.54) is 14.2 Å². The molecule has 1 aromatic heterocycles. The molecule has 0 bridgehead atoms. The van der Waals surface area contributed by atoms with Gasteiger partial charge in [-0.25, -0.2) is 0 Å². The van der Waals surface area contributed by atoms with E-state index in [1.807, 2.05) is 25.7 Å². The zero-order valence-electron chi connectivity index (χ0n) is 13.6. The molecule has 1 atom stereocenters. The van der Waals surface area contributed by atoms with Gasteiger partial charge in [-0.05, 0) is 26.8 Å². The third kappa shape index (κ3) is 2.28. The van der Waals surface area contributed by atoms with Crippen LogP contribution in [0.1, 0.15) is 31.1 Å². The summed E-state index contributed by atoms with van der Waals surface area (Å²) in [5.41, 5.74) is 1.31. The molecule has 0 N–H and O–H groups in total. The zero-order valence-corrected chi connectivity index (χ0v) is 14.4. The number of aryl methyl sites for hydroxylation is 1. The van der Waals surface area contributed by atoms with Gasteiger partial charge in [0.1, 0.15) is 16.7 Å². The van der Waals surface area contributed by atoms with Crippen molar-refractivity contribution in [2.24, 2.45) is 0 Å². The number of likely N-dealkylation sites (N-methyl/N-ethyl adjacent to an activating group) is 1. The minimum atomic E-state index is -1.24. The van der Waals surface area contributed by atoms with Gasteiger partial charge in [0.25, 0.3) is 0 Å². The SMILES string of the molecule is CCN(CC)C1=C(Cl)C(=O)C(c2ccoc2C)C1(OC)OC. The number of allylic oxidation sites excluding steroid dienone is 1. The van der Waals surface area contributed by atoms with Crippen LogP contribution in [0, 0.1) is 6.92 Å². The first-order valence-electron chi connectivity index (χ1n) is 7.32. The second-order valence-corrected chi connectivity index (χ2v) is 5.52. The Morgan fingerprint density at radius 3 is 2.32 bits per heavy atom. The van der Waals surface area contributed by atoms with Crippen molar-refractivity contribution >= 4 is 17.4 Å². The van der Waals surface area contributed by atoms with Crippen molar-refractivity contribution in [2.45, 2.75) is 32.5 Å². The maximum atomic E-state index is 12.8. The Bertz CT molecular complexity index is 585. The largest absolute Gasteiger partial charge is 0.469 e. The quantitative estimate of drug-likeness (QED) is 0.752. The third-order valence-corrected chi connectivity index (χ3v) is 4.66. The number of hydrogen-bond donors (Lipinski definition) is 0. The second-order valence-electron chi connectivity index (χ2n) is 5.14. The van der Waals surface area contributed by atoms with Crippen LogP contribution in [0.4, 0.5) is 0 Å². The molecule has 122 valence electrons. The summed E-state index contributed by atoms with van der Waals surface area (Å²) in [7, 11) is 3.05. The number of methoxy groups -OCH3 is 2. The van der Waals surface area contributed by atoms with E-state index in [2.05, 4.69) is 0 Å². The van der Waals surface area contributed by atoms with Crippen LogP contribution < -0.4 is 0 Å². The number of carbonyl (C=O) groups excluding carboxylic acids is 1. The summed E-state index contributed by atoms with van der Waals surface area (Å²) in [5.74, 6) is -1.47. The van der Waals surface area contributed by atoms with E-state index in [1.54, 1.807) is 12.3 Å². The molecule has 0 saturated carbocycles. The summed E-state index contributed by atoms with van der Waals surface area (Å²) in [5, 5.41) is 0.165. The minimum absolute atomic E-state index is 0.165. The lowest BCUT2D eigenvalue weighted by Gasteiger charge is -2.38. The van der Waals surface area contributed by atoms with E-state index in [9.17, 15) is 4.79 Å². The first kappa shape index (κ1) is 17.1. The van der Waals surface area contributed by atoms with Crippen molar-refractivity contribution in [1.82, 2.24) is 4.90 Å². The van der Waals surface area contributed by atoms with Gasteiger partial charge in [0.15, 0.2) is 5.78 Å². The van der Waals surface area contributed by atoms with Crippen molar-refractivity contribution < 1.29 is 18.7 Å². The molecule has 2 rings (SSSR count). The predicted octanol–water partition coefficient (Wildman–Crippen LogP) is 3.04. The maximum Gasteiger partial charge on any atom is 0.225 e. The van der Waals surface area contributed by atoms with Gasteiger partial charge in [-0.1, -0.05) is 11.6 Å². The molecule has 1 aliphatic carbocycles. The van der Waals surface area contributed by atoms with Crippen LogP contribution in [-0.2, 0) is 14.3 Å². The number of nitrogens with zero attached hydrogens (tertiary/aromatic N) is 1. The van der Waals surface area contributed by atoms with Crippen molar-refractivity contribution in [3.63, 3.8) is 0 Å². The average Bonchev–Trinajstić information content (AvgIpc) is 3.03. The molecule has 0 aromatic carbocycles. The Morgan fingerprint density at radius 1 is 1.32 bits per heavy atom. The Labute approximate surface area is 135 Å². The molecule has 0 saturated heterocycles. The van der Waals surface area contributed by atoms with Crippen molar-refractivity contribution in [1.29, 1.82) is 0 Å². The van der Waals surface area contributed by atoms with Gasteiger partial charge < -0.3 is 18.8 Å². The van der Waals surface area contributed by atoms with Gasteiger partial charge in [-0.2, -0.15) is 0 Å². The fourth-order valence-corrected chi connectivity index (χ4v) is 3.52. The number of furan rings is 1. The highest BCUT2D eigenvalue weighted by Gasteiger charge is 2.58. The molecule has 1 heterocycles. The second kappa shape index (κ2) is 6.44. The Kier molecular flexibility index (Phi) is 5.00. The van der Waals surface area contributed by atoms with Crippen LogP contribution >= 0.6 is 11.6 Å². The molecule has 0 spiro atoms. The Hall–Kier alpha value is -1.30. The van der Waals surface area contributed by atoms with Gasteiger partial charge in [0.2, 0.25) is 5.79 Å². The lowest BCUT2D eigenvalue weighted by Crippen LogP contribution is -2.46. The molecule has 0 radical (unpaired) electrons. The normalized spacial score (nSPS) is 20.8. The van der Waals surface area contributed by atoms with Crippen molar-refractivity contribution in [3.05, 3.63) is 34.4 Å². The van der Waals surface area contributed by atoms with Crippen LogP contribution in [0.2, 0.25) is 0 Å². The number of ketones is 1. The summed E-state index contributed by atoms with van der Waals surface area (Å²) >= 11 is 6.38. The van der Waals surface area contributed by atoms with E-state index in [-0.39, 0.29) is 10.8 Å². The number of halogens is 1. The number of rotatable bonds is 6. The van der Waals surface area contributed by atoms with E-state index >= 15 is 0 Å².